The molecule has 0 aromatic heterocycles. The van der Waals surface area contributed by atoms with E-state index in [-0.39, 0.29) is 12.1 Å². The summed E-state index contributed by atoms with van der Waals surface area (Å²) in [4.78, 5) is 11.5. The first-order valence-electron chi connectivity index (χ1n) is 6.26. The van der Waals surface area contributed by atoms with E-state index in [9.17, 15) is 9.90 Å². The molecule has 2 atom stereocenters. The van der Waals surface area contributed by atoms with Gasteiger partial charge in [0.2, 0.25) is 0 Å². The van der Waals surface area contributed by atoms with Gasteiger partial charge in [-0.1, -0.05) is 12.8 Å². The Hall–Kier alpha value is -0.570. The summed E-state index contributed by atoms with van der Waals surface area (Å²) in [6, 6.07) is 0. The highest BCUT2D eigenvalue weighted by Gasteiger charge is 2.25. The Morgan fingerprint density at radius 3 is 2.50 bits per heavy atom. The molecule has 0 saturated heterocycles. The number of carbonyl (C=O) groups excluding carboxylic acids is 1. The minimum atomic E-state index is -0.425. The Morgan fingerprint density at radius 1 is 1.31 bits per heavy atom. The van der Waals surface area contributed by atoms with E-state index in [1.165, 1.54) is 6.42 Å². The van der Waals surface area contributed by atoms with Crippen LogP contribution >= 0.6 is 0 Å². The fraction of sp³-hybridized carbons (Fsp3) is 0.923. The molecule has 0 aliphatic heterocycles. The Kier molecular flexibility index (Phi) is 4.78. The molecule has 1 N–H and O–H groups in total. The molecule has 1 rings (SSSR count). The fourth-order valence-electron chi connectivity index (χ4n) is 2.04. The van der Waals surface area contributed by atoms with Gasteiger partial charge in [-0.15, -0.1) is 0 Å². The topological polar surface area (TPSA) is 46.5 Å². The summed E-state index contributed by atoms with van der Waals surface area (Å²) in [6.45, 7) is 6.00. The molecule has 2 unspecified atom stereocenters. The second-order valence-corrected chi connectivity index (χ2v) is 5.79. The van der Waals surface area contributed by atoms with Gasteiger partial charge in [-0.05, 0) is 46.0 Å². The highest BCUT2D eigenvalue weighted by molar-refractivity contribution is 5.75. The maximum absolute atomic E-state index is 11.5. The molecule has 16 heavy (non-hydrogen) atoms. The van der Waals surface area contributed by atoms with Crippen molar-refractivity contribution in [2.24, 2.45) is 11.3 Å². The number of aliphatic hydroxyl groups is 1. The lowest BCUT2D eigenvalue weighted by Crippen LogP contribution is -2.28. The van der Waals surface area contributed by atoms with Crippen molar-refractivity contribution in [2.75, 3.05) is 6.61 Å². The molecule has 1 aliphatic carbocycles. The first-order valence-corrected chi connectivity index (χ1v) is 6.26. The third-order valence-corrected chi connectivity index (χ3v) is 3.20. The largest absolute Gasteiger partial charge is 0.465 e. The molecule has 3 nitrogen and oxygen atoms in total. The van der Waals surface area contributed by atoms with Gasteiger partial charge in [0.25, 0.3) is 0 Å². The van der Waals surface area contributed by atoms with Gasteiger partial charge in [0.1, 0.15) is 0 Å². The van der Waals surface area contributed by atoms with Gasteiger partial charge in [-0.3, -0.25) is 4.79 Å². The number of aliphatic hydroxyl groups excluding tert-OH is 1. The van der Waals surface area contributed by atoms with Crippen molar-refractivity contribution in [3.05, 3.63) is 0 Å². The first kappa shape index (κ1) is 13.5. The second kappa shape index (κ2) is 5.67. The minimum Gasteiger partial charge on any atom is -0.465 e. The molecule has 94 valence electrons. The van der Waals surface area contributed by atoms with E-state index in [4.69, 9.17) is 4.74 Å². The van der Waals surface area contributed by atoms with Crippen molar-refractivity contribution in [3.63, 3.8) is 0 Å². The average Bonchev–Trinajstić information content (AvgIpc) is 2.19. The standard InChI is InChI=1S/C13H24O3/c1-13(2,3)12(15)16-9-8-10-6-4-5-7-11(10)14/h10-11,14H,4-9H2,1-3H3. The van der Waals surface area contributed by atoms with Crippen molar-refractivity contribution in [1.82, 2.24) is 0 Å². The van der Waals surface area contributed by atoms with E-state index in [1.54, 1.807) is 0 Å². The molecule has 1 saturated carbocycles. The van der Waals surface area contributed by atoms with E-state index in [0.29, 0.717) is 12.5 Å². The molecule has 0 spiro atoms. The molecular weight excluding hydrogens is 204 g/mol. The van der Waals surface area contributed by atoms with Crippen LogP contribution in [-0.2, 0) is 9.53 Å². The highest BCUT2D eigenvalue weighted by Crippen LogP contribution is 2.27. The Bertz CT molecular complexity index is 230. The number of hydrogen-bond acceptors (Lipinski definition) is 3. The molecule has 0 aromatic rings. The molecule has 1 aliphatic rings. The minimum absolute atomic E-state index is 0.155. The SMILES string of the molecule is CC(C)(C)C(=O)OCCC1CCCCC1O. The summed E-state index contributed by atoms with van der Waals surface area (Å²) < 4.78 is 5.21. The van der Waals surface area contributed by atoms with Crippen LogP contribution in [0.1, 0.15) is 52.9 Å². The van der Waals surface area contributed by atoms with Crippen LogP contribution in [0.25, 0.3) is 0 Å². The molecule has 0 radical (unpaired) electrons. The number of hydrogen-bond donors (Lipinski definition) is 1. The van der Waals surface area contributed by atoms with Gasteiger partial charge in [-0.2, -0.15) is 0 Å². The Labute approximate surface area is 98.2 Å². The van der Waals surface area contributed by atoms with Gasteiger partial charge < -0.3 is 9.84 Å². The number of carbonyl (C=O) groups is 1. The van der Waals surface area contributed by atoms with Crippen LogP contribution in [0.15, 0.2) is 0 Å². The van der Waals surface area contributed by atoms with Crippen LogP contribution in [0.5, 0.6) is 0 Å². The first-order chi connectivity index (χ1) is 7.41. The fourth-order valence-corrected chi connectivity index (χ4v) is 2.04. The van der Waals surface area contributed by atoms with Gasteiger partial charge in [0, 0.05) is 0 Å². The van der Waals surface area contributed by atoms with E-state index in [2.05, 4.69) is 0 Å². The summed E-state index contributed by atoms with van der Waals surface area (Å²) in [7, 11) is 0. The zero-order valence-electron chi connectivity index (χ0n) is 10.7. The van der Waals surface area contributed by atoms with Crippen LogP contribution in [0.2, 0.25) is 0 Å². The lowest BCUT2D eigenvalue weighted by atomic mass is 9.84. The van der Waals surface area contributed by atoms with Crippen molar-refractivity contribution >= 4 is 5.97 Å². The molecule has 1 fully saturated rings. The third kappa shape index (κ3) is 4.12. The smallest absolute Gasteiger partial charge is 0.311 e. The number of ether oxygens (including phenoxy) is 1. The van der Waals surface area contributed by atoms with Crippen molar-refractivity contribution in [3.8, 4) is 0 Å². The van der Waals surface area contributed by atoms with Crippen LogP contribution in [-0.4, -0.2) is 23.8 Å². The molecular formula is C13H24O3. The normalized spacial score (nSPS) is 26.5. The van der Waals surface area contributed by atoms with Gasteiger partial charge in [0.15, 0.2) is 0 Å². The molecule has 0 heterocycles. The summed E-state index contributed by atoms with van der Waals surface area (Å²) in [5.74, 6) is 0.166. The molecule has 0 bridgehead atoms. The Balaban J connectivity index is 2.22. The monoisotopic (exact) mass is 228 g/mol. The second-order valence-electron chi connectivity index (χ2n) is 5.79. The van der Waals surface area contributed by atoms with Crippen LogP contribution in [0.4, 0.5) is 0 Å². The van der Waals surface area contributed by atoms with Gasteiger partial charge in [0.05, 0.1) is 18.1 Å². The van der Waals surface area contributed by atoms with E-state index in [1.807, 2.05) is 20.8 Å². The summed E-state index contributed by atoms with van der Waals surface area (Å²) in [5.41, 5.74) is -0.425. The van der Waals surface area contributed by atoms with Crippen molar-refractivity contribution < 1.29 is 14.6 Å². The predicted molar refractivity (Wildman–Crippen MR) is 63.0 cm³/mol. The summed E-state index contributed by atoms with van der Waals surface area (Å²) >= 11 is 0. The van der Waals surface area contributed by atoms with E-state index < -0.39 is 5.41 Å². The third-order valence-electron chi connectivity index (χ3n) is 3.20. The van der Waals surface area contributed by atoms with E-state index in [0.717, 1.165) is 25.7 Å². The Morgan fingerprint density at radius 2 is 1.94 bits per heavy atom. The maximum Gasteiger partial charge on any atom is 0.311 e. The van der Waals surface area contributed by atoms with Crippen LogP contribution in [0, 0.1) is 11.3 Å². The van der Waals surface area contributed by atoms with Gasteiger partial charge >= 0.3 is 5.97 Å². The predicted octanol–water partition coefficient (Wildman–Crippen LogP) is 2.52. The lowest BCUT2D eigenvalue weighted by Gasteiger charge is -2.27. The zero-order valence-corrected chi connectivity index (χ0v) is 10.7. The zero-order chi connectivity index (χ0) is 12.2. The lowest BCUT2D eigenvalue weighted by molar-refractivity contribution is -0.153. The number of esters is 1. The van der Waals surface area contributed by atoms with Crippen molar-refractivity contribution in [1.29, 1.82) is 0 Å². The number of rotatable bonds is 3. The van der Waals surface area contributed by atoms with Crippen LogP contribution < -0.4 is 0 Å². The molecule has 0 aromatic carbocycles. The summed E-state index contributed by atoms with van der Waals surface area (Å²) in [5, 5.41) is 9.75. The quantitative estimate of drug-likeness (QED) is 0.755. The molecule has 3 heteroatoms. The highest BCUT2D eigenvalue weighted by atomic mass is 16.5. The van der Waals surface area contributed by atoms with Gasteiger partial charge in [-0.25, -0.2) is 0 Å². The molecule has 0 amide bonds. The summed E-state index contributed by atoms with van der Waals surface area (Å²) in [6.07, 6.45) is 4.88. The average molecular weight is 228 g/mol. The van der Waals surface area contributed by atoms with Crippen LogP contribution in [0.3, 0.4) is 0 Å². The maximum atomic E-state index is 11.5. The van der Waals surface area contributed by atoms with Crippen molar-refractivity contribution in [2.45, 2.75) is 59.0 Å². The van der Waals surface area contributed by atoms with E-state index >= 15 is 0 Å².